The average Bonchev–Trinajstić information content (AvgIpc) is 2.84. The number of ether oxygens (including phenoxy) is 1. The molecule has 1 heterocycles. The Morgan fingerprint density at radius 2 is 2.05 bits per heavy atom. The van der Waals surface area contributed by atoms with Crippen molar-refractivity contribution in [3.05, 3.63) is 34.6 Å². The zero-order valence-corrected chi connectivity index (χ0v) is 13.5. The largest absolute Gasteiger partial charge is 0.497 e. The van der Waals surface area contributed by atoms with Gasteiger partial charge in [-0.2, -0.15) is 0 Å². The summed E-state index contributed by atoms with van der Waals surface area (Å²) in [5, 5.41) is 13.2. The number of hydrogen-bond acceptors (Lipinski definition) is 5. The third-order valence-corrected chi connectivity index (χ3v) is 3.94. The van der Waals surface area contributed by atoms with Crippen molar-refractivity contribution in [2.45, 2.75) is 33.2 Å². The summed E-state index contributed by atoms with van der Waals surface area (Å²) in [5.41, 5.74) is 0.580. The number of anilines is 1. The highest BCUT2D eigenvalue weighted by Crippen LogP contribution is 2.26. The molecule has 1 N–H and O–H groups in total. The summed E-state index contributed by atoms with van der Waals surface area (Å²) < 4.78 is 19.0. The van der Waals surface area contributed by atoms with Gasteiger partial charge >= 0.3 is 0 Å². The van der Waals surface area contributed by atoms with Gasteiger partial charge in [-0.15, -0.1) is 10.2 Å². The van der Waals surface area contributed by atoms with Gasteiger partial charge in [0.15, 0.2) is 0 Å². The van der Waals surface area contributed by atoms with Gasteiger partial charge in [0.2, 0.25) is 5.13 Å². The maximum absolute atomic E-state index is 14.0. The van der Waals surface area contributed by atoms with Crippen LogP contribution in [0.25, 0.3) is 0 Å². The van der Waals surface area contributed by atoms with E-state index in [1.54, 1.807) is 12.1 Å². The van der Waals surface area contributed by atoms with Crippen LogP contribution in [0.15, 0.2) is 18.2 Å². The van der Waals surface area contributed by atoms with Crippen LogP contribution in [-0.4, -0.2) is 17.3 Å². The lowest BCUT2D eigenvalue weighted by molar-refractivity contribution is 0.410. The van der Waals surface area contributed by atoms with E-state index in [4.69, 9.17) is 4.74 Å². The molecule has 0 aliphatic rings. The minimum absolute atomic E-state index is 0.184. The Balaban J connectivity index is 2.07. The van der Waals surface area contributed by atoms with Gasteiger partial charge in [-0.25, -0.2) is 4.39 Å². The van der Waals surface area contributed by atoms with E-state index in [2.05, 4.69) is 29.4 Å². The Labute approximate surface area is 128 Å². The van der Waals surface area contributed by atoms with Gasteiger partial charge in [0.1, 0.15) is 16.6 Å². The predicted octanol–water partition coefficient (Wildman–Crippen LogP) is 4.06. The standard InChI is InChI=1S/C15H20FN3OS/c1-9(2)7-14-18-19-15(21-14)17-10(3)12-6-5-11(20-4)8-13(12)16/h5-6,8-10H,7H2,1-4H3,(H,17,19). The Morgan fingerprint density at radius 3 is 2.67 bits per heavy atom. The Kier molecular flexibility index (Phi) is 5.12. The summed E-state index contributed by atoms with van der Waals surface area (Å²) in [6.45, 7) is 6.18. The van der Waals surface area contributed by atoms with Gasteiger partial charge < -0.3 is 10.1 Å². The van der Waals surface area contributed by atoms with Crippen LogP contribution in [0.4, 0.5) is 9.52 Å². The lowest BCUT2D eigenvalue weighted by Crippen LogP contribution is -2.08. The molecule has 0 spiro atoms. The van der Waals surface area contributed by atoms with Gasteiger partial charge in [-0.1, -0.05) is 31.3 Å². The molecule has 21 heavy (non-hydrogen) atoms. The first kappa shape index (κ1) is 15.7. The van der Waals surface area contributed by atoms with Crippen LogP contribution in [0, 0.1) is 11.7 Å². The van der Waals surface area contributed by atoms with Crippen molar-refractivity contribution in [3.63, 3.8) is 0 Å². The highest BCUT2D eigenvalue weighted by molar-refractivity contribution is 7.15. The second kappa shape index (κ2) is 6.85. The molecule has 2 aromatic rings. The van der Waals surface area contributed by atoms with Gasteiger partial charge in [0.05, 0.1) is 13.2 Å². The Hall–Kier alpha value is -1.69. The van der Waals surface area contributed by atoms with E-state index >= 15 is 0 Å². The number of methoxy groups -OCH3 is 1. The number of halogens is 1. The van der Waals surface area contributed by atoms with Crippen molar-refractivity contribution in [2.24, 2.45) is 5.92 Å². The van der Waals surface area contributed by atoms with Crippen LogP contribution in [-0.2, 0) is 6.42 Å². The normalized spacial score (nSPS) is 12.5. The predicted molar refractivity (Wildman–Crippen MR) is 83.4 cm³/mol. The van der Waals surface area contributed by atoms with Crippen LogP contribution >= 0.6 is 11.3 Å². The van der Waals surface area contributed by atoms with Crippen molar-refractivity contribution in [1.29, 1.82) is 0 Å². The van der Waals surface area contributed by atoms with E-state index in [9.17, 15) is 4.39 Å². The first-order valence-corrected chi connectivity index (χ1v) is 7.73. The molecule has 4 nitrogen and oxygen atoms in total. The molecule has 6 heteroatoms. The van der Waals surface area contributed by atoms with Gasteiger partial charge in [-0.05, 0) is 18.9 Å². The second-order valence-corrected chi connectivity index (χ2v) is 6.41. The molecule has 1 atom stereocenters. The lowest BCUT2D eigenvalue weighted by atomic mass is 10.1. The number of rotatable bonds is 6. The van der Waals surface area contributed by atoms with Crippen LogP contribution in [0.1, 0.15) is 37.4 Å². The number of nitrogens with one attached hydrogen (secondary N) is 1. The molecule has 0 bridgehead atoms. The third-order valence-electron chi connectivity index (χ3n) is 3.06. The molecule has 1 aromatic heterocycles. The molecule has 0 amide bonds. The van der Waals surface area contributed by atoms with E-state index in [1.807, 2.05) is 6.92 Å². The topological polar surface area (TPSA) is 47.0 Å². The van der Waals surface area contributed by atoms with Crippen LogP contribution in [0.3, 0.4) is 0 Å². The molecular weight excluding hydrogens is 289 g/mol. The summed E-state index contributed by atoms with van der Waals surface area (Å²) in [6.07, 6.45) is 0.907. The second-order valence-electron chi connectivity index (χ2n) is 5.35. The Morgan fingerprint density at radius 1 is 1.29 bits per heavy atom. The van der Waals surface area contributed by atoms with E-state index in [0.717, 1.165) is 11.4 Å². The van der Waals surface area contributed by atoms with Crippen molar-refractivity contribution in [3.8, 4) is 5.75 Å². The fourth-order valence-corrected chi connectivity index (χ4v) is 3.03. The van der Waals surface area contributed by atoms with Gasteiger partial charge in [0.25, 0.3) is 0 Å². The maximum atomic E-state index is 14.0. The van der Waals surface area contributed by atoms with Crippen molar-refractivity contribution < 1.29 is 9.13 Å². The minimum Gasteiger partial charge on any atom is -0.497 e. The van der Waals surface area contributed by atoms with Crippen LogP contribution in [0.5, 0.6) is 5.75 Å². The molecule has 0 saturated heterocycles. The monoisotopic (exact) mass is 309 g/mol. The SMILES string of the molecule is COc1ccc(C(C)Nc2nnc(CC(C)C)s2)c(F)c1. The summed E-state index contributed by atoms with van der Waals surface area (Å²) in [6, 6.07) is 4.68. The number of aromatic nitrogens is 2. The van der Waals surface area contributed by atoms with E-state index in [-0.39, 0.29) is 11.9 Å². The average molecular weight is 309 g/mol. The molecule has 0 radical (unpaired) electrons. The summed E-state index contributed by atoms with van der Waals surface area (Å²) in [5.74, 6) is 0.766. The fraction of sp³-hybridized carbons (Fsp3) is 0.467. The smallest absolute Gasteiger partial charge is 0.206 e. The highest BCUT2D eigenvalue weighted by Gasteiger charge is 2.14. The molecule has 0 aliphatic carbocycles. The third kappa shape index (κ3) is 4.14. The van der Waals surface area contributed by atoms with Crippen molar-refractivity contribution >= 4 is 16.5 Å². The lowest BCUT2D eigenvalue weighted by Gasteiger charge is -2.14. The zero-order chi connectivity index (χ0) is 15.4. The molecule has 114 valence electrons. The Bertz CT molecular complexity index is 600. The molecule has 1 unspecified atom stereocenters. The van der Waals surface area contributed by atoms with Crippen molar-refractivity contribution in [1.82, 2.24) is 10.2 Å². The number of hydrogen-bond donors (Lipinski definition) is 1. The molecule has 0 fully saturated rings. The van der Waals surface area contributed by atoms with Gasteiger partial charge in [-0.3, -0.25) is 0 Å². The highest BCUT2D eigenvalue weighted by atomic mass is 32.1. The summed E-state index contributed by atoms with van der Waals surface area (Å²) in [4.78, 5) is 0. The quantitative estimate of drug-likeness (QED) is 0.874. The van der Waals surface area contributed by atoms with Crippen molar-refractivity contribution in [2.75, 3.05) is 12.4 Å². The first-order chi connectivity index (χ1) is 9.99. The molecule has 1 aromatic carbocycles. The fourth-order valence-electron chi connectivity index (χ4n) is 1.99. The molecule has 2 rings (SSSR count). The van der Waals surface area contributed by atoms with E-state index in [0.29, 0.717) is 22.4 Å². The van der Waals surface area contributed by atoms with E-state index in [1.165, 1.54) is 24.5 Å². The maximum Gasteiger partial charge on any atom is 0.206 e. The number of benzene rings is 1. The zero-order valence-electron chi connectivity index (χ0n) is 12.7. The minimum atomic E-state index is -0.290. The summed E-state index contributed by atoms with van der Waals surface area (Å²) in [7, 11) is 1.52. The van der Waals surface area contributed by atoms with E-state index < -0.39 is 0 Å². The summed E-state index contributed by atoms with van der Waals surface area (Å²) >= 11 is 1.52. The van der Waals surface area contributed by atoms with Gasteiger partial charge in [0, 0.05) is 18.1 Å². The van der Waals surface area contributed by atoms with Crippen LogP contribution < -0.4 is 10.1 Å². The molecule has 0 saturated carbocycles. The molecule has 0 aliphatic heterocycles. The van der Waals surface area contributed by atoms with Crippen LogP contribution in [0.2, 0.25) is 0 Å². The molecular formula is C15H20FN3OS. The first-order valence-electron chi connectivity index (χ1n) is 6.92. The number of nitrogens with zero attached hydrogens (tertiary/aromatic N) is 2.